The van der Waals surface area contributed by atoms with E-state index in [-0.39, 0.29) is 6.04 Å². The number of fused-ring (bicyclic) bond motifs is 1. The number of benzene rings is 1. The molecule has 0 aliphatic heterocycles. The molecule has 1 unspecified atom stereocenters. The summed E-state index contributed by atoms with van der Waals surface area (Å²) in [4.78, 5) is 4.41. The van der Waals surface area contributed by atoms with Gasteiger partial charge in [0.25, 0.3) is 0 Å². The Kier molecular flexibility index (Phi) is 4.01. The normalized spacial score (nSPS) is 12.7. The summed E-state index contributed by atoms with van der Waals surface area (Å²) in [6.07, 6.45) is 2.46. The van der Waals surface area contributed by atoms with E-state index in [0.717, 1.165) is 26.8 Å². The quantitative estimate of drug-likeness (QED) is 0.563. The first-order valence-electron chi connectivity index (χ1n) is 6.67. The highest BCUT2D eigenvalue weighted by atomic mass is 79.9. The molecule has 3 N–H and O–H groups in total. The van der Waals surface area contributed by atoms with E-state index in [1.807, 2.05) is 36.0 Å². The van der Waals surface area contributed by atoms with Crippen LogP contribution in [-0.4, -0.2) is 14.8 Å². The molecular formula is C15H16BrN5. The zero-order valence-electron chi connectivity index (χ0n) is 11.6. The summed E-state index contributed by atoms with van der Waals surface area (Å²) in [6, 6.07) is 12.0. The lowest BCUT2D eigenvalue weighted by Crippen LogP contribution is -2.30. The molecule has 0 saturated carbocycles. The fraction of sp³-hybridized carbons (Fsp3) is 0.200. The largest absolute Gasteiger partial charge is 0.271 e. The third-order valence-corrected chi connectivity index (χ3v) is 4.01. The van der Waals surface area contributed by atoms with Gasteiger partial charge in [-0.25, -0.2) is 0 Å². The van der Waals surface area contributed by atoms with Crippen LogP contribution in [-0.2, 0) is 13.5 Å². The lowest BCUT2D eigenvalue weighted by molar-refractivity contribution is 0.530. The number of hydrogen-bond donors (Lipinski definition) is 2. The minimum atomic E-state index is -0.0728. The van der Waals surface area contributed by atoms with E-state index in [2.05, 4.69) is 43.6 Å². The van der Waals surface area contributed by atoms with Gasteiger partial charge in [-0.1, -0.05) is 18.2 Å². The lowest BCUT2D eigenvalue weighted by atomic mass is 10.1. The van der Waals surface area contributed by atoms with Crippen LogP contribution in [0, 0.1) is 0 Å². The second-order valence-corrected chi connectivity index (χ2v) is 5.83. The number of aromatic nitrogens is 3. The monoisotopic (exact) mass is 345 g/mol. The van der Waals surface area contributed by atoms with Crippen molar-refractivity contribution in [3.05, 3.63) is 58.5 Å². The summed E-state index contributed by atoms with van der Waals surface area (Å²) in [7, 11) is 1.95. The van der Waals surface area contributed by atoms with Crippen molar-refractivity contribution in [2.24, 2.45) is 12.9 Å². The SMILES string of the molecule is Cn1nc(CC(NN)c2ccc(Br)cn2)c2ccccc21. The number of aryl methyl sites for hydroxylation is 1. The van der Waals surface area contributed by atoms with Gasteiger partial charge in [0.1, 0.15) is 0 Å². The molecule has 0 fully saturated rings. The van der Waals surface area contributed by atoms with Crippen molar-refractivity contribution in [2.45, 2.75) is 12.5 Å². The Hall–Kier alpha value is -1.76. The summed E-state index contributed by atoms with van der Waals surface area (Å²) in [5.41, 5.74) is 5.86. The number of halogens is 1. The molecular weight excluding hydrogens is 330 g/mol. The summed E-state index contributed by atoms with van der Waals surface area (Å²) in [5.74, 6) is 5.71. The third-order valence-electron chi connectivity index (χ3n) is 3.54. The average Bonchev–Trinajstić information content (AvgIpc) is 2.83. The van der Waals surface area contributed by atoms with Gasteiger partial charge < -0.3 is 0 Å². The van der Waals surface area contributed by atoms with Crippen molar-refractivity contribution < 1.29 is 0 Å². The van der Waals surface area contributed by atoms with Crippen LogP contribution in [0.2, 0.25) is 0 Å². The van der Waals surface area contributed by atoms with Crippen LogP contribution < -0.4 is 11.3 Å². The molecule has 5 nitrogen and oxygen atoms in total. The van der Waals surface area contributed by atoms with Crippen LogP contribution in [0.15, 0.2) is 47.1 Å². The molecule has 0 saturated heterocycles. The highest BCUT2D eigenvalue weighted by Crippen LogP contribution is 2.23. The van der Waals surface area contributed by atoms with E-state index in [1.165, 1.54) is 0 Å². The van der Waals surface area contributed by atoms with E-state index in [0.29, 0.717) is 6.42 Å². The third kappa shape index (κ3) is 2.83. The van der Waals surface area contributed by atoms with E-state index in [4.69, 9.17) is 5.84 Å². The van der Waals surface area contributed by atoms with Crippen molar-refractivity contribution in [2.75, 3.05) is 0 Å². The first-order chi connectivity index (χ1) is 10.2. The van der Waals surface area contributed by atoms with E-state index < -0.39 is 0 Å². The van der Waals surface area contributed by atoms with Gasteiger partial charge in [-0.05, 0) is 34.1 Å². The number of hydrazine groups is 1. The summed E-state index contributed by atoms with van der Waals surface area (Å²) in [6.45, 7) is 0. The molecule has 108 valence electrons. The Morgan fingerprint density at radius 1 is 1.29 bits per heavy atom. The van der Waals surface area contributed by atoms with Gasteiger partial charge in [-0.3, -0.25) is 20.9 Å². The number of pyridine rings is 1. The second-order valence-electron chi connectivity index (χ2n) is 4.91. The van der Waals surface area contributed by atoms with Crippen LogP contribution in [0.3, 0.4) is 0 Å². The predicted octanol–water partition coefficient (Wildman–Crippen LogP) is 2.48. The number of nitrogens with zero attached hydrogens (tertiary/aromatic N) is 3. The minimum absolute atomic E-state index is 0.0728. The predicted molar refractivity (Wildman–Crippen MR) is 86.4 cm³/mol. The summed E-state index contributed by atoms with van der Waals surface area (Å²) in [5, 5.41) is 5.75. The molecule has 1 atom stereocenters. The van der Waals surface area contributed by atoms with Gasteiger partial charge >= 0.3 is 0 Å². The van der Waals surface area contributed by atoms with Crippen molar-refractivity contribution >= 4 is 26.8 Å². The number of nitrogens with one attached hydrogen (secondary N) is 1. The fourth-order valence-corrected chi connectivity index (χ4v) is 2.71. The maximum atomic E-state index is 5.71. The zero-order valence-corrected chi connectivity index (χ0v) is 13.2. The van der Waals surface area contributed by atoms with Gasteiger partial charge in [0.05, 0.1) is 22.9 Å². The van der Waals surface area contributed by atoms with Crippen LogP contribution >= 0.6 is 15.9 Å². The molecule has 2 heterocycles. The summed E-state index contributed by atoms with van der Waals surface area (Å²) >= 11 is 3.39. The molecule has 3 rings (SSSR count). The highest BCUT2D eigenvalue weighted by Gasteiger charge is 2.16. The number of rotatable bonds is 4. The molecule has 21 heavy (non-hydrogen) atoms. The standard InChI is InChI=1S/C15H16BrN5/c1-21-15-5-3-2-4-11(15)13(20-21)8-14(19-17)12-7-6-10(16)9-18-12/h2-7,9,14,19H,8,17H2,1H3. The lowest BCUT2D eigenvalue weighted by Gasteiger charge is -2.14. The van der Waals surface area contributed by atoms with Gasteiger partial charge in [0.2, 0.25) is 0 Å². The number of hydrogen-bond acceptors (Lipinski definition) is 4. The Labute approximate surface area is 131 Å². The molecule has 0 amide bonds. The minimum Gasteiger partial charge on any atom is -0.271 e. The topological polar surface area (TPSA) is 68.8 Å². The first kappa shape index (κ1) is 14.2. The van der Waals surface area contributed by atoms with Crippen molar-refractivity contribution in [1.29, 1.82) is 0 Å². The van der Waals surface area contributed by atoms with Crippen molar-refractivity contribution in [1.82, 2.24) is 20.2 Å². The molecule has 0 aliphatic rings. The maximum absolute atomic E-state index is 5.71. The fourth-order valence-electron chi connectivity index (χ4n) is 2.48. The first-order valence-corrected chi connectivity index (χ1v) is 7.46. The highest BCUT2D eigenvalue weighted by molar-refractivity contribution is 9.10. The van der Waals surface area contributed by atoms with Crippen molar-refractivity contribution in [3.8, 4) is 0 Å². The van der Waals surface area contributed by atoms with E-state index in [1.54, 1.807) is 6.20 Å². The van der Waals surface area contributed by atoms with E-state index >= 15 is 0 Å². The number of para-hydroxylation sites is 1. The summed E-state index contributed by atoms with van der Waals surface area (Å²) < 4.78 is 2.85. The molecule has 6 heteroatoms. The molecule has 3 aromatic rings. The van der Waals surface area contributed by atoms with Gasteiger partial charge in [0.15, 0.2) is 0 Å². The second kappa shape index (κ2) is 5.93. The smallest absolute Gasteiger partial charge is 0.0723 e. The molecule has 0 spiro atoms. The average molecular weight is 346 g/mol. The van der Waals surface area contributed by atoms with Crippen LogP contribution in [0.1, 0.15) is 17.4 Å². The Morgan fingerprint density at radius 3 is 2.81 bits per heavy atom. The number of nitrogens with two attached hydrogens (primary N) is 1. The molecule has 0 aliphatic carbocycles. The van der Waals surface area contributed by atoms with Gasteiger partial charge in [0, 0.05) is 29.5 Å². The van der Waals surface area contributed by atoms with Gasteiger partial charge in [-0.2, -0.15) is 5.10 Å². The Bertz CT molecular complexity index is 750. The molecule has 2 aromatic heterocycles. The van der Waals surface area contributed by atoms with Gasteiger partial charge in [-0.15, -0.1) is 0 Å². The Balaban J connectivity index is 1.94. The zero-order chi connectivity index (χ0) is 14.8. The maximum Gasteiger partial charge on any atom is 0.0723 e. The van der Waals surface area contributed by atoms with E-state index in [9.17, 15) is 0 Å². The van der Waals surface area contributed by atoms with Crippen LogP contribution in [0.25, 0.3) is 10.9 Å². The Morgan fingerprint density at radius 2 is 2.10 bits per heavy atom. The molecule has 0 bridgehead atoms. The molecule has 1 aromatic carbocycles. The van der Waals surface area contributed by atoms with Crippen LogP contribution in [0.5, 0.6) is 0 Å². The van der Waals surface area contributed by atoms with Crippen molar-refractivity contribution in [3.63, 3.8) is 0 Å². The van der Waals surface area contributed by atoms with Crippen LogP contribution in [0.4, 0.5) is 0 Å². The molecule has 0 radical (unpaired) electrons.